The lowest BCUT2D eigenvalue weighted by atomic mass is 9.94. The number of amides is 1. The molecule has 0 bridgehead atoms. The van der Waals surface area contributed by atoms with E-state index < -0.39 is 4.92 Å². The van der Waals surface area contributed by atoms with Crippen molar-refractivity contribution in [1.29, 1.82) is 0 Å². The fourth-order valence-electron chi connectivity index (χ4n) is 2.26. The van der Waals surface area contributed by atoms with Gasteiger partial charge in [0.25, 0.3) is 5.69 Å². The summed E-state index contributed by atoms with van der Waals surface area (Å²) >= 11 is 0. The lowest BCUT2D eigenvalue weighted by Crippen LogP contribution is -2.45. The first-order valence-electron chi connectivity index (χ1n) is 6.49. The minimum absolute atomic E-state index is 0.0595. The number of carbonyl (C=O) groups is 1. The van der Waals surface area contributed by atoms with E-state index in [1.165, 1.54) is 12.1 Å². The molecule has 1 aliphatic heterocycles. The van der Waals surface area contributed by atoms with Crippen molar-refractivity contribution < 1.29 is 14.8 Å². The fourth-order valence-corrected chi connectivity index (χ4v) is 2.26. The van der Waals surface area contributed by atoms with Crippen molar-refractivity contribution in [2.24, 2.45) is 5.92 Å². The van der Waals surface area contributed by atoms with Crippen molar-refractivity contribution in [2.75, 3.05) is 11.9 Å². The van der Waals surface area contributed by atoms with Crippen molar-refractivity contribution in [2.45, 2.75) is 25.8 Å². The molecule has 1 aromatic rings. The molecule has 7 heteroatoms. The number of non-ortho nitro benzene ring substituents is 1. The molecule has 108 valence electrons. The highest BCUT2D eigenvalue weighted by Crippen LogP contribution is 2.28. The smallest absolute Gasteiger partial charge is 0.271 e. The van der Waals surface area contributed by atoms with Crippen molar-refractivity contribution in [3.63, 3.8) is 0 Å². The minimum Gasteiger partial charge on any atom is -0.506 e. The molecule has 3 N–H and O–H groups in total. The molecule has 2 unspecified atom stereocenters. The monoisotopic (exact) mass is 279 g/mol. The third kappa shape index (κ3) is 3.24. The Bertz CT molecular complexity index is 532. The summed E-state index contributed by atoms with van der Waals surface area (Å²) in [4.78, 5) is 22.2. The van der Waals surface area contributed by atoms with E-state index in [9.17, 15) is 20.0 Å². The van der Waals surface area contributed by atoms with Gasteiger partial charge in [0.05, 0.1) is 16.7 Å². The van der Waals surface area contributed by atoms with Gasteiger partial charge in [-0.1, -0.05) is 6.92 Å². The minimum atomic E-state index is -0.573. The molecule has 1 aliphatic rings. The molecule has 0 aliphatic carbocycles. The van der Waals surface area contributed by atoms with Crippen LogP contribution in [-0.2, 0) is 4.79 Å². The molecule has 0 aromatic heterocycles. The van der Waals surface area contributed by atoms with E-state index >= 15 is 0 Å². The van der Waals surface area contributed by atoms with Gasteiger partial charge in [0.1, 0.15) is 5.75 Å². The highest BCUT2D eigenvalue weighted by atomic mass is 16.6. The van der Waals surface area contributed by atoms with Crippen LogP contribution in [0.4, 0.5) is 11.4 Å². The number of hydrogen-bond acceptors (Lipinski definition) is 5. The Labute approximate surface area is 116 Å². The number of nitro groups is 1. The van der Waals surface area contributed by atoms with Gasteiger partial charge in [-0.2, -0.15) is 0 Å². The molecule has 0 saturated carbocycles. The summed E-state index contributed by atoms with van der Waals surface area (Å²) in [5.74, 6) is -0.0223. The maximum Gasteiger partial charge on any atom is 0.271 e. The van der Waals surface area contributed by atoms with Gasteiger partial charge in [0, 0.05) is 12.1 Å². The van der Waals surface area contributed by atoms with Crippen LogP contribution in [0.1, 0.15) is 19.8 Å². The third-order valence-corrected chi connectivity index (χ3v) is 3.43. The van der Waals surface area contributed by atoms with E-state index in [4.69, 9.17) is 0 Å². The maximum absolute atomic E-state index is 12.1. The second kappa shape index (κ2) is 5.87. The summed E-state index contributed by atoms with van der Waals surface area (Å²) in [6, 6.07) is 3.20. The molecule has 1 aromatic carbocycles. The van der Waals surface area contributed by atoms with Crippen LogP contribution in [0.3, 0.4) is 0 Å². The normalized spacial score (nSPS) is 22.2. The largest absolute Gasteiger partial charge is 0.506 e. The zero-order chi connectivity index (χ0) is 14.7. The number of phenolic OH excluding ortho intramolecular Hbond substituents is 1. The quantitative estimate of drug-likeness (QED) is 0.443. The van der Waals surface area contributed by atoms with Gasteiger partial charge in [0.2, 0.25) is 5.91 Å². The summed E-state index contributed by atoms with van der Waals surface area (Å²) in [6.07, 6.45) is 1.73. The number of nitrogens with zero attached hydrogens (tertiary/aromatic N) is 1. The second-order valence-corrected chi connectivity index (χ2v) is 5.08. The number of hydrogen-bond donors (Lipinski definition) is 3. The van der Waals surface area contributed by atoms with Crippen LogP contribution < -0.4 is 10.6 Å². The van der Waals surface area contributed by atoms with E-state index in [0.717, 1.165) is 19.0 Å². The van der Waals surface area contributed by atoms with Gasteiger partial charge in [0.15, 0.2) is 0 Å². The van der Waals surface area contributed by atoms with Crippen LogP contribution in [0.25, 0.3) is 0 Å². The van der Waals surface area contributed by atoms with Gasteiger partial charge in [-0.15, -0.1) is 0 Å². The van der Waals surface area contributed by atoms with Crippen LogP contribution in [0, 0.1) is 16.0 Å². The molecular weight excluding hydrogens is 262 g/mol. The first-order chi connectivity index (χ1) is 9.47. The summed E-state index contributed by atoms with van der Waals surface area (Å²) in [5.41, 5.74) is -0.118. The molecule has 0 radical (unpaired) electrons. The SMILES string of the molecule is CC1CCNC(C(=O)Nc2cc([N+](=O)[O-])ccc2O)C1. The van der Waals surface area contributed by atoms with Crippen LogP contribution in [-0.4, -0.2) is 28.5 Å². The van der Waals surface area contributed by atoms with E-state index in [-0.39, 0.29) is 29.1 Å². The average molecular weight is 279 g/mol. The first kappa shape index (κ1) is 14.3. The second-order valence-electron chi connectivity index (χ2n) is 5.08. The molecule has 1 fully saturated rings. The topological polar surface area (TPSA) is 104 Å². The number of benzene rings is 1. The van der Waals surface area contributed by atoms with Crippen molar-refractivity contribution >= 4 is 17.3 Å². The summed E-state index contributed by atoms with van der Waals surface area (Å²) in [6.45, 7) is 2.84. The number of rotatable bonds is 3. The third-order valence-electron chi connectivity index (χ3n) is 3.43. The standard InChI is InChI=1S/C13H17N3O4/c1-8-4-5-14-11(6-8)13(18)15-10-7-9(16(19)20)2-3-12(10)17/h2-3,7-8,11,14,17H,4-6H2,1H3,(H,15,18). The van der Waals surface area contributed by atoms with Gasteiger partial charge in [-0.05, 0) is 31.4 Å². The van der Waals surface area contributed by atoms with E-state index in [1.54, 1.807) is 0 Å². The molecule has 2 rings (SSSR count). The van der Waals surface area contributed by atoms with E-state index in [2.05, 4.69) is 17.6 Å². The fraction of sp³-hybridized carbons (Fsp3) is 0.462. The van der Waals surface area contributed by atoms with E-state index in [0.29, 0.717) is 12.3 Å². The van der Waals surface area contributed by atoms with Crippen LogP contribution in [0.5, 0.6) is 5.75 Å². The first-order valence-corrected chi connectivity index (χ1v) is 6.49. The van der Waals surface area contributed by atoms with Crippen LogP contribution >= 0.6 is 0 Å². The highest BCUT2D eigenvalue weighted by molar-refractivity contribution is 5.96. The molecule has 20 heavy (non-hydrogen) atoms. The molecular formula is C13H17N3O4. The number of nitro benzene ring substituents is 1. The number of carbonyl (C=O) groups excluding carboxylic acids is 1. The molecule has 1 heterocycles. The van der Waals surface area contributed by atoms with Crippen molar-refractivity contribution in [3.05, 3.63) is 28.3 Å². The number of nitrogens with one attached hydrogen (secondary N) is 2. The molecule has 0 spiro atoms. The van der Waals surface area contributed by atoms with Gasteiger partial charge in [-0.25, -0.2) is 0 Å². The Morgan fingerprint density at radius 1 is 1.55 bits per heavy atom. The maximum atomic E-state index is 12.1. The lowest BCUT2D eigenvalue weighted by Gasteiger charge is -2.27. The predicted molar refractivity (Wildman–Crippen MR) is 73.6 cm³/mol. The lowest BCUT2D eigenvalue weighted by molar-refractivity contribution is -0.384. The highest BCUT2D eigenvalue weighted by Gasteiger charge is 2.25. The Balaban J connectivity index is 2.10. The molecule has 1 amide bonds. The van der Waals surface area contributed by atoms with Crippen molar-refractivity contribution in [1.82, 2.24) is 5.32 Å². The van der Waals surface area contributed by atoms with Crippen LogP contribution in [0.2, 0.25) is 0 Å². The zero-order valence-electron chi connectivity index (χ0n) is 11.1. The summed E-state index contributed by atoms with van der Waals surface area (Å²) in [7, 11) is 0. The number of phenols is 1. The Morgan fingerprint density at radius 3 is 2.95 bits per heavy atom. The predicted octanol–water partition coefficient (Wildman–Crippen LogP) is 1.63. The molecule has 1 saturated heterocycles. The number of anilines is 1. The number of piperidine rings is 1. The van der Waals surface area contributed by atoms with Crippen LogP contribution in [0.15, 0.2) is 18.2 Å². The number of aromatic hydroxyl groups is 1. The van der Waals surface area contributed by atoms with Gasteiger partial charge < -0.3 is 15.7 Å². The Kier molecular flexibility index (Phi) is 4.19. The summed E-state index contributed by atoms with van der Waals surface area (Å²) < 4.78 is 0. The Hall–Kier alpha value is -2.15. The van der Waals surface area contributed by atoms with E-state index in [1.807, 2.05) is 0 Å². The average Bonchev–Trinajstić information content (AvgIpc) is 2.41. The molecule has 7 nitrogen and oxygen atoms in total. The van der Waals surface area contributed by atoms with Crippen molar-refractivity contribution in [3.8, 4) is 5.75 Å². The van der Waals surface area contributed by atoms with Gasteiger partial charge >= 0.3 is 0 Å². The molecule has 2 atom stereocenters. The summed E-state index contributed by atoms with van der Waals surface area (Å²) in [5, 5.41) is 26.0. The Morgan fingerprint density at radius 2 is 2.30 bits per heavy atom. The zero-order valence-corrected chi connectivity index (χ0v) is 11.1. The van der Waals surface area contributed by atoms with Gasteiger partial charge in [-0.3, -0.25) is 14.9 Å².